The highest BCUT2D eigenvalue weighted by Crippen LogP contribution is 2.40. The van der Waals surface area contributed by atoms with Gasteiger partial charge in [-0.15, -0.1) is 0 Å². The fraction of sp³-hybridized carbons (Fsp3) is 0.609. The van der Waals surface area contributed by atoms with E-state index >= 15 is 0 Å². The molecule has 0 bridgehead atoms. The number of amides is 1. The van der Waals surface area contributed by atoms with Crippen molar-refractivity contribution in [2.45, 2.75) is 63.5 Å². The van der Waals surface area contributed by atoms with Crippen LogP contribution >= 0.6 is 0 Å². The molecule has 2 fully saturated rings. The minimum Gasteiger partial charge on any atom is -0.376 e. The van der Waals surface area contributed by atoms with Crippen molar-refractivity contribution in [3.8, 4) is 0 Å². The molecular formula is C23H31N5O3. The molecule has 2 saturated heterocycles. The molecule has 1 N–H and O–H groups in total. The Morgan fingerprint density at radius 3 is 2.97 bits per heavy atom. The molecular weight excluding hydrogens is 394 g/mol. The Labute approximate surface area is 183 Å². The van der Waals surface area contributed by atoms with Gasteiger partial charge in [0.05, 0.1) is 18.3 Å². The number of pyridine rings is 1. The number of hydrogen-bond donors (Lipinski definition) is 1. The lowest BCUT2D eigenvalue weighted by Gasteiger charge is -2.45. The highest BCUT2D eigenvalue weighted by atomic mass is 16.5. The van der Waals surface area contributed by atoms with E-state index in [-0.39, 0.29) is 12.0 Å². The molecule has 0 aliphatic carbocycles. The molecule has 0 saturated carbocycles. The van der Waals surface area contributed by atoms with Gasteiger partial charge in [0, 0.05) is 50.9 Å². The predicted octanol–water partition coefficient (Wildman–Crippen LogP) is 1.77. The first-order chi connectivity index (χ1) is 15.1. The molecule has 3 aliphatic heterocycles. The first-order valence-electron chi connectivity index (χ1n) is 11.3. The molecule has 0 aromatic carbocycles. The molecule has 1 amide bonds. The Bertz CT molecular complexity index is 915. The molecule has 5 heterocycles. The Morgan fingerprint density at radius 2 is 2.19 bits per heavy atom. The number of fused-ring (bicyclic) bond motifs is 2. The van der Waals surface area contributed by atoms with Crippen molar-refractivity contribution in [2.75, 3.05) is 26.2 Å². The van der Waals surface area contributed by atoms with E-state index in [1.165, 1.54) is 0 Å². The number of aromatic nitrogens is 3. The predicted molar refractivity (Wildman–Crippen MR) is 114 cm³/mol. The number of aryl methyl sites for hydroxylation is 1. The highest BCUT2D eigenvalue weighted by Gasteiger charge is 2.47. The number of carbonyl (C=O) groups excluding carboxylic acids is 1. The summed E-state index contributed by atoms with van der Waals surface area (Å²) in [5.74, 6) is 0.893. The van der Waals surface area contributed by atoms with Gasteiger partial charge < -0.3 is 19.4 Å². The van der Waals surface area contributed by atoms with Crippen LogP contribution in [0.2, 0.25) is 0 Å². The van der Waals surface area contributed by atoms with E-state index in [9.17, 15) is 4.79 Å². The second-order valence-electron chi connectivity index (χ2n) is 8.93. The number of carbonyl (C=O) groups is 1. The molecule has 2 aromatic heterocycles. The number of hydrogen-bond acceptors (Lipinski definition) is 6. The molecule has 0 radical (unpaired) electrons. The first-order valence-corrected chi connectivity index (χ1v) is 11.3. The SMILES string of the molecule is Cc1cccc(CN2CCC3(CC2)O[C@H](C(=O)NC[C@H]2CCCO2)Cn2ccnc23)n1. The van der Waals surface area contributed by atoms with Crippen LogP contribution in [0.25, 0.3) is 0 Å². The van der Waals surface area contributed by atoms with Crippen LogP contribution in [0.4, 0.5) is 0 Å². The summed E-state index contributed by atoms with van der Waals surface area (Å²) in [4.78, 5) is 24.6. The zero-order valence-corrected chi connectivity index (χ0v) is 18.1. The molecule has 1 spiro atoms. The summed E-state index contributed by atoms with van der Waals surface area (Å²) in [5.41, 5.74) is 1.62. The summed E-state index contributed by atoms with van der Waals surface area (Å²) in [6, 6.07) is 6.16. The molecule has 8 nitrogen and oxygen atoms in total. The number of nitrogens with one attached hydrogen (secondary N) is 1. The topological polar surface area (TPSA) is 81.5 Å². The zero-order chi connectivity index (χ0) is 21.3. The summed E-state index contributed by atoms with van der Waals surface area (Å²) >= 11 is 0. The van der Waals surface area contributed by atoms with Crippen molar-refractivity contribution in [2.24, 2.45) is 0 Å². The molecule has 166 valence electrons. The standard InChI is InChI=1S/C23H31N5O3/c1-17-4-2-5-18(26-17)15-27-10-7-23(8-11-27)22-24-9-12-28(22)16-20(31-23)21(29)25-14-19-6-3-13-30-19/h2,4-5,9,12,19-20H,3,6-8,10-11,13-16H2,1H3,(H,25,29)/t19-,20+/m1/s1. The van der Waals surface area contributed by atoms with Crippen LogP contribution in [-0.4, -0.2) is 63.8 Å². The summed E-state index contributed by atoms with van der Waals surface area (Å²) in [5, 5.41) is 3.04. The van der Waals surface area contributed by atoms with Gasteiger partial charge in [0.2, 0.25) is 0 Å². The Hall–Kier alpha value is -2.29. The van der Waals surface area contributed by atoms with E-state index in [4.69, 9.17) is 9.47 Å². The largest absolute Gasteiger partial charge is 0.376 e. The van der Waals surface area contributed by atoms with Gasteiger partial charge in [0.25, 0.3) is 5.91 Å². The molecule has 5 rings (SSSR count). The van der Waals surface area contributed by atoms with Gasteiger partial charge in [-0.05, 0) is 44.7 Å². The van der Waals surface area contributed by atoms with Gasteiger partial charge in [0.1, 0.15) is 11.4 Å². The van der Waals surface area contributed by atoms with E-state index < -0.39 is 11.7 Å². The van der Waals surface area contributed by atoms with Crippen LogP contribution in [-0.2, 0) is 33.0 Å². The van der Waals surface area contributed by atoms with Crippen LogP contribution in [0.1, 0.15) is 42.9 Å². The van der Waals surface area contributed by atoms with E-state index in [1.54, 1.807) is 0 Å². The van der Waals surface area contributed by atoms with Crippen LogP contribution < -0.4 is 5.32 Å². The average molecular weight is 426 g/mol. The highest BCUT2D eigenvalue weighted by molar-refractivity contribution is 5.81. The maximum absolute atomic E-state index is 12.9. The monoisotopic (exact) mass is 425 g/mol. The zero-order valence-electron chi connectivity index (χ0n) is 18.1. The van der Waals surface area contributed by atoms with E-state index in [0.29, 0.717) is 13.1 Å². The lowest BCUT2D eigenvalue weighted by molar-refractivity contribution is -0.174. The summed E-state index contributed by atoms with van der Waals surface area (Å²) in [6.45, 7) is 6.47. The number of nitrogens with zero attached hydrogens (tertiary/aromatic N) is 4. The number of likely N-dealkylation sites (tertiary alicyclic amines) is 1. The van der Waals surface area contributed by atoms with Crippen LogP contribution in [0.15, 0.2) is 30.6 Å². The van der Waals surface area contributed by atoms with Crippen molar-refractivity contribution in [3.05, 3.63) is 47.8 Å². The average Bonchev–Trinajstić information content (AvgIpc) is 3.46. The smallest absolute Gasteiger partial charge is 0.251 e. The van der Waals surface area contributed by atoms with Gasteiger partial charge in [-0.1, -0.05) is 6.07 Å². The molecule has 2 aromatic rings. The van der Waals surface area contributed by atoms with Crippen molar-refractivity contribution in [1.82, 2.24) is 24.8 Å². The molecule has 8 heteroatoms. The third-order valence-electron chi connectivity index (χ3n) is 6.67. The van der Waals surface area contributed by atoms with Crippen LogP contribution in [0.3, 0.4) is 0 Å². The second kappa shape index (κ2) is 8.68. The summed E-state index contributed by atoms with van der Waals surface area (Å²) in [7, 11) is 0. The van der Waals surface area contributed by atoms with Gasteiger partial charge in [-0.2, -0.15) is 0 Å². The third kappa shape index (κ3) is 4.37. The van der Waals surface area contributed by atoms with Crippen molar-refractivity contribution < 1.29 is 14.3 Å². The van der Waals surface area contributed by atoms with Gasteiger partial charge >= 0.3 is 0 Å². The Balaban J connectivity index is 1.24. The van der Waals surface area contributed by atoms with Gasteiger partial charge in [0.15, 0.2) is 6.10 Å². The normalized spacial score (nSPS) is 25.5. The fourth-order valence-electron chi connectivity index (χ4n) is 5.00. The Morgan fingerprint density at radius 1 is 1.32 bits per heavy atom. The van der Waals surface area contributed by atoms with Crippen LogP contribution in [0, 0.1) is 6.92 Å². The lowest BCUT2D eigenvalue weighted by Crippen LogP contribution is -2.54. The van der Waals surface area contributed by atoms with Gasteiger partial charge in [-0.3, -0.25) is 14.7 Å². The van der Waals surface area contributed by atoms with E-state index in [0.717, 1.165) is 69.1 Å². The van der Waals surface area contributed by atoms with Crippen molar-refractivity contribution in [1.29, 1.82) is 0 Å². The summed E-state index contributed by atoms with van der Waals surface area (Å²) < 4.78 is 14.2. The molecule has 0 unspecified atom stereocenters. The molecule has 31 heavy (non-hydrogen) atoms. The van der Waals surface area contributed by atoms with Gasteiger partial charge in [-0.25, -0.2) is 4.98 Å². The first kappa shape index (κ1) is 20.6. The number of rotatable bonds is 5. The number of imidazole rings is 1. The molecule has 3 aliphatic rings. The summed E-state index contributed by atoms with van der Waals surface area (Å²) in [6.07, 6.45) is 7.09. The minimum absolute atomic E-state index is 0.0550. The number of piperidine rings is 1. The fourth-order valence-corrected chi connectivity index (χ4v) is 5.00. The third-order valence-corrected chi connectivity index (χ3v) is 6.67. The Kier molecular flexibility index (Phi) is 5.77. The van der Waals surface area contributed by atoms with E-state index in [1.807, 2.05) is 25.4 Å². The van der Waals surface area contributed by atoms with Crippen molar-refractivity contribution >= 4 is 5.91 Å². The second-order valence-corrected chi connectivity index (χ2v) is 8.93. The lowest BCUT2D eigenvalue weighted by atomic mass is 9.88. The van der Waals surface area contributed by atoms with Crippen LogP contribution in [0.5, 0.6) is 0 Å². The quantitative estimate of drug-likeness (QED) is 0.786. The maximum atomic E-state index is 12.9. The van der Waals surface area contributed by atoms with E-state index in [2.05, 4.69) is 36.9 Å². The minimum atomic E-state index is -0.510. The molecule has 2 atom stereocenters. The maximum Gasteiger partial charge on any atom is 0.251 e. The van der Waals surface area contributed by atoms with Crippen molar-refractivity contribution in [3.63, 3.8) is 0 Å². The number of ether oxygens (including phenoxy) is 2.